The van der Waals surface area contributed by atoms with Gasteiger partial charge in [0.15, 0.2) is 0 Å². The van der Waals surface area contributed by atoms with E-state index in [1.54, 1.807) is 23.3 Å². The summed E-state index contributed by atoms with van der Waals surface area (Å²) >= 11 is 1.74. The molecule has 0 aliphatic rings. The Kier molecular flexibility index (Phi) is 20.6. The van der Waals surface area contributed by atoms with Crippen molar-refractivity contribution in [3.63, 3.8) is 0 Å². The Balaban J connectivity index is 0.000000214. The van der Waals surface area contributed by atoms with Gasteiger partial charge in [-0.25, -0.2) is 0 Å². The van der Waals surface area contributed by atoms with Crippen LogP contribution in [0.25, 0.3) is 66.1 Å². The quantitative estimate of drug-likeness (QED) is 0.0845. The number of hydrogen-bond acceptors (Lipinski definition) is 0. The number of hydrogen-bond donors (Lipinski definition) is 0. The van der Waals surface area contributed by atoms with E-state index in [-0.39, 0.29) is 30.2 Å². The van der Waals surface area contributed by atoms with E-state index in [4.69, 9.17) is 0 Å². The van der Waals surface area contributed by atoms with Gasteiger partial charge in [0.1, 0.15) is 0 Å². The van der Waals surface area contributed by atoms with Gasteiger partial charge < -0.3 is 24.8 Å². The van der Waals surface area contributed by atoms with Crippen LogP contribution in [0.1, 0.15) is 83.0 Å². The molecule has 0 aliphatic carbocycles. The van der Waals surface area contributed by atoms with E-state index < -0.39 is 0 Å². The molecule has 0 bridgehead atoms. The first kappa shape index (κ1) is 56.0. The number of fused-ring (bicyclic) bond motifs is 2. The van der Waals surface area contributed by atoms with Gasteiger partial charge in [-0.05, 0) is 87.5 Å². The first-order valence-electron chi connectivity index (χ1n) is 25.3. The van der Waals surface area contributed by atoms with E-state index in [9.17, 15) is 0 Å². The summed E-state index contributed by atoms with van der Waals surface area (Å²) in [6.07, 6.45) is 4.41. The first-order chi connectivity index (χ1) is 34.0. The van der Waals surface area contributed by atoms with Gasteiger partial charge in [0.25, 0.3) is 0 Å². The van der Waals surface area contributed by atoms with Crippen molar-refractivity contribution in [2.45, 2.75) is 92.2 Å². The summed E-state index contributed by atoms with van der Waals surface area (Å²) in [5, 5.41) is 5.43. The molecule has 0 saturated carbocycles. The number of rotatable bonds is 12. The molecule has 0 radical (unpaired) electrons. The van der Waals surface area contributed by atoms with Gasteiger partial charge in [-0.15, -0.1) is 44.8 Å². The zero-order valence-electron chi connectivity index (χ0n) is 43.4. The van der Waals surface area contributed by atoms with Crippen molar-refractivity contribution in [1.82, 2.24) is 0 Å². The largest absolute Gasteiger partial charge is 1.00 e. The van der Waals surface area contributed by atoms with Gasteiger partial charge in [-0.1, -0.05) is 251 Å². The van der Waals surface area contributed by atoms with Crippen molar-refractivity contribution in [1.29, 1.82) is 0 Å². The molecule has 364 valence electrons. The molecule has 0 aliphatic heterocycles. The summed E-state index contributed by atoms with van der Waals surface area (Å²) in [5.41, 5.74) is 21.5. The van der Waals surface area contributed by atoms with E-state index in [1.165, 1.54) is 111 Å². The van der Waals surface area contributed by atoms with Crippen LogP contribution in [0.4, 0.5) is 0 Å². The second-order valence-electron chi connectivity index (χ2n) is 19.6. The van der Waals surface area contributed by atoms with Crippen molar-refractivity contribution in [3.8, 4) is 44.5 Å². The van der Waals surface area contributed by atoms with Crippen LogP contribution in [0.5, 0.6) is 0 Å². The first-order valence-corrected chi connectivity index (χ1v) is 31.5. The van der Waals surface area contributed by atoms with Crippen molar-refractivity contribution in [2.24, 2.45) is 0 Å². The van der Waals surface area contributed by atoms with Crippen molar-refractivity contribution < 1.29 is 48.1 Å². The minimum absolute atomic E-state index is 0. The topological polar surface area (TPSA) is 0 Å². The maximum absolute atomic E-state index is 2.44. The fourth-order valence-corrected chi connectivity index (χ4v) is 9.91. The number of aryl methyl sites for hydroxylation is 4. The third-order valence-corrected chi connectivity index (χ3v) is 13.8. The second-order valence-corrected chi connectivity index (χ2v) is 29.0. The zero-order valence-corrected chi connectivity index (χ0v) is 48.3. The average molecular weight is 1080 g/mol. The SMILES string of the molecule is CCC(Cc1cc2c(-c3ccc(C)cc3)ccc(-c3ccc(C)cc3)c2[cH-]1)c1ccccc1.CCC(Cc1cc2c(-c3ccc(C)cc3)ccc(-c3ccc(C)cc3)c2[cH-]1)c1ccccc1.C[Si](C)=[Zr+2].[Cl-].[Cl-]. The van der Waals surface area contributed by atoms with Crippen LogP contribution in [0.3, 0.4) is 0 Å². The van der Waals surface area contributed by atoms with Gasteiger partial charge in [0, 0.05) is 0 Å². The molecule has 2 unspecified atom stereocenters. The van der Waals surface area contributed by atoms with Crippen LogP contribution in [0, 0.1) is 27.7 Å². The van der Waals surface area contributed by atoms with Crippen molar-refractivity contribution in [2.75, 3.05) is 0 Å². The summed E-state index contributed by atoms with van der Waals surface area (Å²) in [7, 11) is 0. The summed E-state index contributed by atoms with van der Waals surface area (Å²) in [4.78, 5) is 0. The predicted molar refractivity (Wildman–Crippen MR) is 304 cm³/mol. The number of halogens is 2. The maximum atomic E-state index is 2.44. The van der Waals surface area contributed by atoms with E-state index >= 15 is 0 Å². The van der Waals surface area contributed by atoms with E-state index in [0.29, 0.717) is 11.8 Å². The Morgan fingerprint density at radius 1 is 0.389 bits per heavy atom. The monoisotopic (exact) mass is 1070 g/mol. The molecule has 0 aromatic heterocycles. The van der Waals surface area contributed by atoms with Crippen LogP contribution in [-0.2, 0) is 36.2 Å². The van der Waals surface area contributed by atoms with Gasteiger partial charge in [0.05, 0.1) is 0 Å². The molecule has 0 saturated heterocycles. The smallest absolute Gasteiger partial charge is 1.00 e. The predicted octanol–water partition coefficient (Wildman–Crippen LogP) is 13.3. The number of benzene rings is 8. The fraction of sp³-hybridized carbons (Fsp3) is 0.206. The molecule has 0 amide bonds. The Hall–Kier alpha value is -5.34. The third-order valence-electron chi connectivity index (χ3n) is 13.8. The van der Waals surface area contributed by atoms with Gasteiger partial charge in [0.2, 0.25) is 0 Å². The summed E-state index contributed by atoms with van der Waals surface area (Å²) in [5.74, 6) is 1.07. The molecule has 2 atom stereocenters. The summed E-state index contributed by atoms with van der Waals surface area (Å²) < 4.78 is 0. The molecule has 0 nitrogen and oxygen atoms in total. The molecule has 10 rings (SSSR count). The van der Waals surface area contributed by atoms with Gasteiger partial charge >= 0.3 is 41.9 Å². The Morgan fingerprint density at radius 3 is 0.931 bits per heavy atom. The molecule has 10 aromatic rings. The average Bonchev–Trinajstić information content (AvgIpc) is 4.01. The molecular formula is C68H68Cl2SiZr-2. The molecule has 72 heavy (non-hydrogen) atoms. The fourth-order valence-electron chi connectivity index (χ4n) is 9.91. The van der Waals surface area contributed by atoms with E-state index in [0.717, 1.165) is 25.7 Å². The summed E-state index contributed by atoms with van der Waals surface area (Å²) in [6, 6.07) is 76.6. The molecule has 0 N–H and O–H groups in total. The van der Waals surface area contributed by atoms with E-state index in [1.807, 2.05) is 0 Å². The van der Waals surface area contributed by atoms with Crippen molar-refractivity contribution >= 4 is 27.0 Å². The molecule has 0 spiro atoms. The van der Waals surface area contributed by atoms with E-state index in [2.05, 4.69) is 261 Å². The molecule has 10 aromatic carbocycles. The molecule has 0 heterocycles. The van der Waals surface area contributed by atoms with Crippen LogP contribution in [-0.4, -0.2) is 5.43 Å². The molecule has 4 heteroatoms. The molecular weight excluding hydrogens is 1010 g/mol. The maximum Gasteiger partial charge on any atom is -1.00 e. The Bertz CT molecular complexity index is 2880. The van der Waals surface area contributed by atoms with Crippen LogP contribution >= 0.6 is 0 Å². The normalized spacial score (nSPS) is 11.6. The standard InChI is InChI=1S/2C33H31.C2H6Si.2ClH.Zr/c2*1-4-26(27-8-6-5-7-9-27)20-25-21-32-30(28-14-10-23(2)11-15-28)18-19-31(33(32)22-25)29-16-12-24(3)13-17-29;1-3-2;;;/h2*5-19,21-22,26H,4,20H2,1-3H3;1-2H3;2*1H;/q2*-1;;;;+2/p-2. The Morgan fingerprint density at radius 2 is 0.653 bits per heavy atom. The summed E-state index contributed by atoms with van der Waals surface area (Å²) in [6.45, 7) is 17.8. The second kappa shape index (κ2) is 26.6. The van der Waals surface area contributed by atoms with Crippen molar-refractivity contribution in [3.05, 3.63) is 251 Å². The third kappa shape index (κ3) is 14.0. The zero-order chi connectivity index (χ0) is 49.1. The van der Waals surface area contributed by atoms with Crippen LogP contribution in [0.2, 0.25) is 13.1 Å². The minimum Gasteiger partial charge on any atom is -1.00 e. The van der Waals surface area contributed by atoms with Gasteiger partial charge in [-0.2, -0.15) is 12.1 Å². The van der Waals surface area contributed by atoms with Crippen LogP contribution < -0.4 is 24.8 Å². The minimum atomic E-state index is 0. The Labute approximate surface area is 458 Å². The molecule has 0 fully saturated rings. The van der Waals surface area contributed by atoms with Gasteiger partial charge in [-0.3, -0.25) is 0 Å². The van der Waals surface area contributed by atoms with Crippen LogP contribution in [0.15, 0.2) is 206 Å².